The van der Waals surface area contributed by atoms with Crippen molar-refractivity contribution in [3.05, 3.63) is 18.1 Å². The molecule has 2 aromatic rings. The Bertz CT molecular complexity index is 521. The lowest BCUT2D eigenvalue weighted by Gasteiger charge is -2.03. The lowest BCUT2D eigenvalue weighted by molar-refractivity contribution is 0.484. The maximum atomic E-state index is 6.01. The van der Waals surface area contributed by atoms with E-state index in [0.717, 1.165) is 23.5 Å². The maximum absolute atomic E-state index is 6.01. The number of hydrogen-bond acceptors (Lipinski definition) is 3. The van der Waals surface area contributed by atoms with Crippen molar-refractivity contribution in [1.29, 1.82) is 0 Å². The molecule has 2 N–H and O–H groups in total. The first-order valence-corrected chi connectivity index (χ1v) is 5.81. The van der Waals surface area contributed by atoms with E-state index in [2.05, 4.69) is 24.0 Å². The second-order valence-electron chi connectivity index (χ2n) is 4.85. The summed E-state index contributed by atoms with van der Waals surface area (Å²) in [7, 11) is 1.90. The van der Waals surface area contributed by atoms with Crippen molar-refractivity contribution < 1.29 is 0 Å². The zero-order chi connectivity index (χ0) is 12.6. The molecule has 0 saturated carbocycles. The van der Waals surface area contributed by atoms with E-state index in [4.69, 9.17) is 5.73 Å². The first kappa shape index (κ1) is 11.7. The molecule has 0 radical (unpaired) electrons. The van der Waals surface area contributed by atoms with Crippen LogP contribution in [0.3, 0.4) is 0 Å². The van der Waals surface area contributed by atoms with Crippen LogP contribution in [0.2, 0.25) is 0 Å². The Labute approximate surface area is 101 Å². The minimum absolute atomic E-state index is 0.553. The second kappa shape index (κ2) is 4.24. The summed E-state index contributed by atoms with van der Waals surface area (Å²) >= 11 is 0. The smallest absolute Gasteiger partial charge is 0.119 e. The first-order valence-electron chi connectivity index (χ1n) is 5.81. The van der Waals surface area contributed by atoms with Crippen LogP contribution in [0.25, 0.3) is 11.3 Å². The van der Waals surface area contributed by atoms with Crippen molar-refractivity contribution >= 4 is 5.69 Å². The summed E-state index contributed by atoms with van der Waals surface area (Å²) in [6, 6.07) is 0. The predicted octanol–water partition coefficient (Wildman–Crippen LogP) is 1.83. The summed E-state index contributed by atoms with van der Waals surface area (Å²) in [6.45, 7) is 7.17. The highest BCUT2D eigenvalue weighted by Crippen LogP contribution is 2.26. The molecule has 0 fully saturated rings. The topological polar surface area (TPSA) is 61.7 Å². The number of rotatable bonds is 3. The molecular weight excluding hydrogens is 214 g/mol. The van der Waals surface area contributed by atoms with Gasteiger partial charge in [-0.1, -0.05) is 13.8 Å². The van der Waals surface area contributed by atoms with Crippen LogP contribution in [-0.4, -0.2) is 19.6 Å². The van der Waals surface area contributed by atoms with Crippen molar-refractivity contribution in [3.8, 4) is 11.3 Å². The summed E-state index contributed by atoms with van der Waals surface area (Å²) in [5.74, 6) is 0.553. The summed E-state index contributed by atoms with van der Waals surface area (Å²) in [6.07, 6.45) is 3.84. The number of nitrogens with two attached hydrogens (primary N) is 1. The highest BCUT2D eigenvalue weighted by molar-refractivity contribution is 5.73. The van der Waals surface area contributed by atoms with Gasteiger partial charge in [-0.05, 0) is 12.8 Å². The van der Waals surface area contributed by atoms with Gasteiger partial charge in [0.15, 0.2) is 0 Å². The van der Waals surface area contributed by atoms with E-state index in [1.165, 1.54) is 0 Å². The van der Waals surface area contributed by atoms with Crippen LogP contribution in [0.5, 0.6) is 0 Å². The molecule has 0 aliphatic rings. The molecule has 17 heavy (non-hydrogen) atoms. The number of nitrogens with zero attached hydrogens (tertiary/aromatic N) is 4. The first-order chi connectivity index (χ1) is 7.97. The molecule has 0 atom stereocenters. The van der Waals surface area contributed by atoms with Crippen LogP contribution in [-0.2, 0) is 13.6 Å². The number of anilines is 1. The average molecular weight is 233 g/mol. The van der Waals surface area contributed by atoms with E-state index in [0.29, 0.717) is 11.6 Å². The van der Waals surface area contributed by atoms with Crippen molar-refractivity contribution in [2.75, 3.05) is 5.73 Å². The number of aryl methyl sites for hydroxylation is 2. The van der Waals surface area contributed by atoms with Gasteiger partial charge in [0.2, 0.25) is 0 Å². The third kappa shape index (κ3) is 2.33. The van der Waals surface area contributed by atoms with Crippen molar-refractivity contribution in [1.82, 2.24) is 19.6 Å². The van der Waals surface area contributed by atoms with Crippen LogP contribution < -0.4 is 5.73 Å². The van der Waals surface area contributed by atoms with Crippen LogP contribution in [0.15, 0.2) is 12.4 Å². The van der Waals surface area contributed by atoms with Gasteiger partial charge in [0.1, 0.15) is 5.69 Å². The second-order valence-corrected chi connectivity index (χ2v) is 4.85. The van der Waals surface area contributed by atoms with Gasteiger partial charge in [-0.3, -0.25) is 9.36 Å². The lowest BCUT2D eigenvalue weighted by atomic mass is 10.2. The fourth-order valence-electron chi connectivity index (χ4n) is 1.95. The molecule has 0 unspecified atom stereocenters. The molecule has 92 valence electrons. The molecule has 0 spiro atoms. The summed E-state index contributed by atoms with van der Waals surface area (Å²) in [5.41, 5.74) is 9.51. The Balaban J connectivity index is 2.39. The van der Waals surface area contributed by atoms with Gasteiger partial charge in [-0.15, -0.1) is 0 Å². The molecule has 5 nitrogen and oxygen atoms in total. The highest BCUT2D eigenvalue weighted by atomic mass is 15.3. The standard InChI is InChI=1S/C12H19N5/c1-8(2)5-17-7-11(13)12(15-17)10-6-16(4)14-9(10)3/h6-8H,5,13H2,1-4H3. The Morgan fingerprint density at radius 2 is 2.00 bits per heavy atom. The highest BCUT2D eigenvalue weighted by Gasteiger charge is 2.13. The molecule has 2 heterocycles. The summed E-state index contributed by atoms with van der Waals surface area (Å²) < 4.78 is 3.69. The van der Waals surface area contributed by atoms with E-state index in [1.807, 2.05) is 31.0 Å². The van der Waals surface area contributed by atoms with Crippen LogP contribution in [0.1, 0.15) is 19.5 Å². The number of aromatic nitrogens is 4. The monoisotopic (exact) mass is 233 g/mol. The minimum atomic E-state index is 0.553. The third-order valence-electron chi connectivity index (χ3n) is 2.61. The van der Waals surface area contributed by atoms with E-state index < -0.39 is 0 Å². The van der Waals surface area contributed by atoms with Crippen LogP contribution >= 0.6 is 0 Å². The molecule has 2 aromatic heterocycles. The van der Waals surface area contributed by atoms with Gasteiger partial charge in [0.05, 0.1) is 11.4 Å². The molecule has 0 bridgehead atoms. The average Bonchev–Trinajstić information content (AvgIpc) is 2.69. The fraction of sp³-hybridized carbons (Fsp3) is 0.500. The molecule has 0 amide bonds. The Hall–Kier alpha value is -1.78. The molecule has 2 rings (SSSR count). The maximum Gasteiger partial charge on any atom is 0.119 e. The van der Waals surface area contributed by atoms with Crippen molar-refractivity contribution in [2.45, 2.75) is 27.3 Å². The summed E-state index contributed by atoms with van der Waals surface area (Å²) in [4.78, 5) is 0. The lowest BCUT2D eigenvalue weighted by Crippen LogP contribution is -2.04. The Morgan fingerprint density at radius 3 is 2.53 bits per heavy atom. The van der Waals surface area contributed by atoms with Crippen molar-refractivity contribution in [2.24, 2.45) is 13.0 Å². The number of nitrogen functional groups attached to an aromatic ring is 1. The Kier molecular flexibility index (Phi) is 2.92. The molecule has 0 saturated heterocycles. The predicted molar refractivity (Wildman–Crippen MR) is 68.4 cm³/mol. The molecule has 0 aliphatic heterocycles. The van der Waals surface area contributed by atoms with E-state index in [-0.39, 0.29) is 0 Å². The van der Waals surface area contributed by atoms with Crippen molar-refractivity contribution in [3.63, 3.8) is 0 Å². The third-order valence-corrected chi connectivity index (χ3v) is 2.61. The minimum Gasteiger partial charge on any atom is -0.396 e. The molecule has 0 aliphatic carbocycles. The zero-order valence-corrected chi connectivity index (χ0v) is 10.8. The van der Waals surface area contributed by atoms with Gasteiger partial charge in [0, 0.05) is 31.5 Å². The fourth-order valence-corrected chi connectivity index (χ4v) is 1.95. The van der Waals surface area contributed by atoms with E-state index in [9.17, 15) is 0 Å². The van der Waals surface area contributed by atoms with Crippen LogP contribution in [0.4, 0.5) is 5.69 Å². The van der Waals surface area contributed by atoms with E-state index >= 15 is 0 Å². The quantitative estimate of drug-likeness (QED) is 0.879. The SMILES string of the molecule is Cc1nn(C)cc1-c1nn(CC(C)C)cc1N. The van der Waals surface area contributed by atoms with Gasteiger partial charge in [0.25, 0.3) is 0 Å². The van der Waals surface area contributed by atoms with Gasteiger partial charge >= 0.3 is 0 Å². The Morgan fingerprint density at radius 1 is 1.29 bits per heavy atom. The van der Waals surface area contributed by atoms with Gasteiger partial charge in [-0.2, -0.15) is 10.2 Å². The van der Waals surface area contributed by atoms with E-state index in [1.54, 1.807) is 4.68 Å². The molecule has 5 heteroatoms. The molecule has 0 aromatic carbocycles. The van der Waals surface area contributed by atoms with Gasteiger partial charge < -0.3 is 5.73 Å². The normalized spacial score (nSPS) is 11.4. The zero-order valence-electron chi connectivity index (χ0n) is 10.8. The van der Waals surface area contributed by atoms with Gasteiger partial charge in [-0.25, -0.2) is 0 Å². The number of hydrogen-bond donors (Lipinski definition) is 1. The molecular formula is C12H19N5. The summed E-state index contributed by atoms with van der Waals surface area (Å²) in [5, 5.41) is 8.84. The van der Waals surface area contributed by atoms with Crippen LogP contribution in [0, 0.1) is 12.8 Å². The largest absolute Gasteiger partial charge is 0.396 e.